The van der Waals surface area contributed by atoms with Crippen molar-refractivity contribution in [2.24, 2.45) is 0 Å². The summed E-state index contributed by atoms with van der Waals surface area (Å²) in [5, 5.41) is 2.35. The van der Waals surface area contributed by atoms with Gasteiger partial charge in [-0.15, -0.1) is 0 Å². The van der Waals surface area contributed by atoms with Crippen LogP contribution in [0.25, 0.3) is 50.0 Å². The van der Waals surface area contributed by atoms with Crippen molar-refractivity contribution in [2.45, 2.75) is 59.3 Å². The zero-order valence-electron chi connectivity index (χ0n) is 29.8. The van der Waals surface area contributed by atoms with Gasteiger partial charge in [-0.25, -0.2) is 4.98 Å². The van der Waals surface area contributed by atoms with E-state index in [1.807, 2.05) is 24.4 Å². The number of imidazole rings is 1. The van der Waals surface area contributed by atoms with Crippen molar-refractivity contribution in [3.8, 4) is 28.7 Å². The molecule has 0 saturated heterocycles. The molecular formula is C45H42N4O. The molecule has 5 nitrogen and oxygen atoms in total. The highest BCUT2D eigenvalue weighted by molar-refractivity contribution is 6.09. The molecule has 0 N–H and O–H groups in total. The van der Waals surface area contributed by atoms with Crippen LogP contribution >= 0.6 is 0 Å². The van der Waals surface area contributed by atoms with Gasteiger partial charge in [-0.2, -0.15) is 0 Å². The molecule has 0 fully saturated rings. The average Bonchev–Trinajstić information content (AvgIpc) is 3.64. The lowest BCUT2D eigenvalue weighted by atomic mass is 9.80. The monoisotopic (exact) mass is 654 g/mol. The third kappa shape index (κ3) is 5.63. The van der Waals surface area contributed by atoms with Crippen LogP contribution in [-0.2, 0) is 10.8 Å². The van der Waals surface area contributed by atoms with Crippen LogP contribution in [0.4, 0.5) is 0 Å². The molecule has 0 spiro atoms. The number of ether oxygens (including phenoxy) is 1. The van der Waals surface area contributed by atoms with Gasteiger partial charge in [-0.05, 0) is 95.1 Å². The Morgan fingerprint density at radius 2 is 1.30 bits per heavy atom. The lowest BCUT2D eigenvalue weighted by Crippen LogP contribution is -2.29. The van der Waals surface area contributed by atoms with Crippen molar-refractivity contribution < 1.29 is 9.30 Å². The number of fused-ring (bicyclic) bond motifs is 4. The third-order valence-electron chi connectivity index (χ3n) is 9.56. The summed E-state index contributed by atoms with van der Waals surface area (Å²) in [4.78, 5) is 4.74. The predicted octanol–water partition coefficient (Wildman–Crippen LogP) is 10.9. The molecule has 0 unspecified atom stereocenters. The van der Waals surface area contributed by atoms with Crippen LogP contribution in [0.2, 0.25) is 0 Å². The summed E-state index contributed by atoms with van der Waals surface area (Å²) in [7, 11) is 0. The van der Waals surface area contributed by atoms with Crippen LogP contribution in [-0.4, -0.2) is 14.1 Å². The Hall–Kier alpha value is -5.68. The molecule has 0 radical (unpaired) electrons. The minimum absolute atomic E-state index is 0.00847. The molecule has 0 amide bonds. The number of para-hydroxylation sites is 3. The van der Waals surface area contributed by atoms with E-state index in [9.17, 15) is 0 Å². The van der Waals surface area contributed by atoms with E-state index in [0.717, 1.165) is 61.7 Å². The van der Waals surface area contributed by atoms with Crippen molar-refractivity contribution in [2.75, 3.05) is 0 Å². The molecule has 8 rings (SSSR count). The maximum Gasteiger partial charge on any atom is 0.269 e. The van der Waals surface area contributed by atoms with Crippen LogP contribution in [0.3, 0.4) is 0 Å². The fraction of sp³-hybridized carbons (Fsp3) is 0.200. The maximum atomic E-state index is 6.60. The Kier molecular flexibility index (Phi) is 7.41. The summed E-state index contributed by atoms with van der Waals surface area (Å²) < 4.78 is 13.1. The summed E-state index contributed by atoms with van der Waals surface area (Å²) in [5.74, 6) is 2.40. The average molecular weight is 655 g/mol. The zero-order valence-corrected chi connectivity index (χ0v) is 29.8. The number of aromatic nitrogens is 4. The van der Waals surface area contributed by atoms with Crippen LogP contribution in [0.5, 0.6) is 11.5 Å². The second-order valence-electron chi connectivity index (χ2n) is 15.4. The Bertz CT molecular complexity index is 2520. The van der Waals surface area contributed by atoms with Gasteiger partial charge < -0.3 is 4.74 Å². The summed E-state index contributed by atoms with van der Waals surface area (Å²) in [6, 6.07) is 42.7. The Labute approximate surface area is 294 Å². The smallest absolute Gasteiger partial charge is 0.269 e. The summed E-state index contributed by atoms with van der Waals surface area (Å²) in [6.07, 6.45) is 5.58. The fourth-order valence-corrected chi connectivity index (χ4v) is 6.78. The third-order valence-corrected chi connectivity index (χ3v) is 9.56. The van der Waals surface area contributed by atoms with Gasteiger partial charge in [0.2, 0.25) is 0 Å². The highest BCUT2D eigenvalue weighted by Crippen LogP contribution is 2.36. The Balaban J connectivity index is 1.21. The highest BCUT2D eigenvalue weighted by atomic mass is 16.5. The van der Waals surface area contributed by atoms with Crippen molar-refractivity contribution in [3.05, 3.63) is 151 Å². The van der Waals surface area contributed by atoms with Gasteiger partial charge in [0.05, 0.1) is 33.4 Å². The van der Waals surface area contributed by atoms with Gasteiger partial charge >= 0.3 is 0 Å². The summed E-state index contributed by atoms with van der Waals surface area (Å²) in [5.41, 5.74) is 10.2. The Morgan fingerprint density at radius 3 is 2.04 bits per heavy atom. The number of nitrogens with zero attached hydrogens (tertiary/aromatic N) is 4. The minimum atomic E-state index is 0.00847. The fourth-order valence-electron chi connectivity index (χ4n) is 6.78. The predicted molar refractivity (Wildman–Crippen MR) is 204 cm³/mol. The lowest BCUT2D eigenvalue weighted by Gasteiger charge is -2.26. The van der Waals surface area contributed by atoms with E-state index in [1.54, 1.807) is 0 Å². The van der Waals surface area contributed by atoms with E-state index in [1.165, 1.54) is 16.5 Å². The van der Waals surface area contributed by atoms with E-state index < -0.39 is 0 Å². The summed E-state index contributed by atoms with van der Waals surface area (Å²) >= 11 is 0. The molecule has 0 atom stereocenters. The number of hydrogen-bond acceptors (Lipinski definition) is 2. The molecule has 0 aliphatic rings. The number of aryl methyl sites for hydroxylation is 1. The lowest BCUT2D eigenvalue weighted by molar-refractivity contribution is -0.572. The van der Waals surface area contributed by atoms with Gasteiger partial charge in [-0.1, -0.05) is 96.1 Å². The van der Waals surface area contributed by atoms with E-state index >= 15 is 0 Å². The van der Waals surface area contributed by atoms with Crippen LogP contribution < -0.4 is 9.30 Å². The second kappa shape index (κ2) is 11.7. The first-order chi connectivity index (χ1) is 23.9. The molecule has 50 heavy (non-hydrogen) atoms. The van der Waals surface area contributed by atoms with E-state index in [2.05, 4.69) is 172 Å². The Morgan fingerprint density at radius 1 is 0.620 bits per heavy atom. The highest BCUT2D eigenvalue weighted by Gasteiger charge is 2.22. The zero-order chi connectivity index (χ0) is 34.8. The largest absolute Gasteiger partial charge is 0.458 e. The molecule has 0 aliphatic carbocycles. The molecule has 5 heteroatoms. The molecule has 248 valence electrons. The minimum Gasteiger partial charge on any atom is -0.458 e. The van der Waals surface area contributed by atoms with Crippen LogP contribution in [0, 0.1) is 13.3 Å². The van der Waals surface area contributed by atoms with Gasteiger partial charge in [-0.3, -0.25) is 13.7 Å². The van der Waals surface area contributed by atoms with Crippen molar-refractivity contribution in [1.29, 1.82) is 0 Å². The SMILES string of the molecule is Cc1ccnc(-n2c3ccccc3c3ccc(Oc4cccc(-[n+]5[c-]n(-c6cc(C(C)(C)C)cc(C(C)(C)C)c6)c6ccccc65)c4)cc32)c1. The van der Waals surface area contributed by atoms with Gasteiger partial charge in [0.15, 0.2) is 0 Å². The standard InChI is InChI=1S/C45H42N4O/c1-30-21-22-46-43(23-30)49-39-16-9-8-15-37(39)38-20-19-36(28-42(38)49)50-35-14-12-13-33(27-35)47-29-48(41-18-11-10-17-40(41)47)34-25-31(44(2,3)4)24-32(26-34)45(5,6)7/h8-28H,1-7H3. The van der Waals surface area contributed by atoms with Crippen molar-refractivity contribution >= 4 is 32.8 Å². The van der Waals surface area contributed by atoms with Gasteiger partial charge in [0, 0.05) is 23.0 Å². The molecule has 3 aromatic heterocycles. The molecule has 5 aromatic carbocycles. The number of pyridine rings is 1. The quantitative estimate of drug-likeness (QED) is 0.137. The maximum absolute atomic E-state index is 6.60. The molecule has 8 aromatic rings. The first-order valence-electron chi connectivity index (χ1n) is 17.3. The van der Waals surface area contributed by atoms with Gasteiger partial charge in [0.1, 0.15) is 17.3 Å². The first-order valence-corrected chi connectivity index (χ1v) is 17.3. The second-order valence-corrected chi connectivity index (χ2v) is 15.4. The summed E-state index contributed by atoms with van der Waals surface area (Å²) in [6.45, 7) is 15.8. The van der Waals surface area contributed by atoms with E-state index in [4.69, 9.17) is 9.72 Å². The normalized spacial score (nSPS) is 12.3. The topological polar surface area (TPSA) is 35.9 Å². The molecule has 0 aliphatic heterocycles. The number of rotatable bonds is 5. The van der Waals surface area contributed by atoms with Crippen LogP contribution in [0.1, 0.15) is 58.2 Å². The number of benzene rings is 5. The number of hydrogen-bond donors (Lipinski definition) is 0. The van der Waals surface area contributed by atoms with Crippen molar-refractivity contribution in [3.63, 3.8) is 0 Å². The van der Waals surface area contributed by atoms with E-state index in [0.29, 0.717) is 0 Å². The molecule has 0 saturated carbocycles. The van der Waals surface area contributed by atoms with E-state index in [-0.39, 0.29) is 10.8 Å². The molecule has 0 bridgehead atoms. The molecular weight excluding hydrogens is 613 g/mol. The molecule has 3 heterocycles. The van der Waals surface area contributed by atoms with Crippen molar-refractivity contribution in [1.82, 2.24) is 14.1 Å². The first kappa shape index (κ1) is 31.6. The van der Waals surface area contributed by atoms with Gasteiger partial charge in [0.25, 0.3) is 6.33 Å². The van der Waals surface area contributed by atoms with Crippen LogP contribution in [0.15, 0.2) is 128 Å².